The van der Waals surface area contributed by atoms with E-state index in [0.29, 0.717) is 11.1 Å². The van der Waals surface area contributed by atoms with Crippen molar-refractivity contribution in [2.45, 2.75) is 30.7 Å². The van der Waals surface area contributed by atoms with E-state index in [1.54, 1.807) is 23.6 Å². The van der Waals surface area contributed by atoms with Crippen LogP contribution in [0.4, 0.5) is 0 Å². The maximum absolute atomic E-state index is 5.27. The lowest BCUT2D eigenvalue weighted by Gasteiger charge is -2.07. The van der Waals surface area contributed by atoms with Crippen molar-refractivity contribution in [2.75, 3.05) is 7.11 Å². The summed E-state index contributed by atoms with van der Waals surface area (Å²) in [6, 6.07) is 0. The molecule has 2 aromatic rings. The molecule has 104 valence electrons. The molecule has 2 heterocycles. The van der Waals surface area contributed by atoms with E-state index in [9.17, 15) is 0 Å². The van der Waals surface area contributed by atoms with Gasteiger partial charge in [-0.05, 0) is 6.42 Å². The molecule has 0 spiro atoms. The van der Waals surface area contributed by atoms with Gasteiger partial charge in [-0.1, -0.05) is 25.6 Å². The highest BCUT2D eigenvalue weighted by Crippen LogP contribution is 2.30. The number of nitrogens with zero attached hydrogens (tertiary/aromatic N) is 5. The van der Waals surface area contributed by atoms with Crippen LogP contribution in [0.1, 0.15) is 20.3 Å². The standard InChI is InChI=1S/C12H19N5OS/c1-6-8(2)19-12-14-13-10(17(12)4)9-7-16(3)15-11(9)18-5/h7-8H,6H2,1-5H3/t8-/m0/s1. The summed E-state index contributed by atoms with van der Waals surface area (Å²) in [6.07, 6.45) is 2.99. The first-order valence-electron chi connectivity index (χ1n) is 6.20. The molecular formula is C12H19N5OS. The minimum Gasteiger partial charge on any atom is -0.479 e. The van der Waals surface area contributed by atoms with Crippen molar-refractivity contribution in [3.8, 4) is 17.3 Å². The Morgan fingerprint density at radius 2 is 2.11 bits per heavy atom. The maximum Gasteiger partial charge on any atom is 0.243 e. The fraction of sp³-hybridized carbons (Fsp3) is 0.583. The second kappa shape index (κ2) is 5.64. The summed E-state index contributed by atoms with van der Waals surface area (Å²) in [4.78, 5) is 0. The van der Waals surface area contributed by atoms with Gasteiger partial charge in [-0.2, -0.15) is 0 Å². The van der Waals surface area contributed by atoms with Crippen LogP contribution in [-0.2, 0) is 14.1 Å². The van der Waals surface area contributed by atoms with Crippen LogP contribution >= 0.6 is 11.8 Å². The van der Waals surface area contributed by atoms with Crippen LogP contribution in [-0.4, -0.2) is 36.9 Å². The highest BCUT2D eigenvalue weighted by atomic mass is 32.2. The quantitative estimate of drug-likeness (QED) is 0.786. The Morgan fingerprint density at radius 1 is 1.37 bits per heavy atom. The summed E-state index contributed by atoms with van der Waals surface area (Å²) in [5.41, 5.74) is 0.857. The van der Waals surface area contributed by atoms with Gasteiger partial charge in [0, 0.05) is 25.5 Å². The molecule has 19 heavy (non-hydrogen) atoms. The zero-order valence-electron chi connectivity index (χ0n) is 11.9. The minimum atomic E-state index is 0.520. The Balaban J connectivity index is 2.35. The Morgan fingerprint density at radius 3 is 2.74 bits per heavy atom. The van der Waals surface area contributed by atoms with Crippen LogP contribution in [0.25, 0.3) is 11.4 Å². The molecule has 0 aromatic carbocycles. The molecule has 0 radical (unpaired) electrons. The predicted octanol–water partition coefficient (Wildman–Crippen LogP) is 2.11. The number of aryl methyl sites for hydroxylation is 1. The van der Waals surface area contributed by atoms with Crippen LogP contribution in [0.15, 0.2) is 11.4 Å². The van der Waals surface area contributed by atoms with E-state index in [0.717, 1.165) is 23.0 Å². The molecule has 0 aliphatic heterocycles. The smallest absolute Gasteiger partial charge is 0.243 e. The summed E-state index contributed by atoms with van der Waals surface area (Å²) >= 11 is 1.73. The lowest BCUT2D eigenvalue weighted by Crippen LogP contribution is -1.99. The zero-order chi connectivity index (χ0) is 14.0. The lowest BCUT2D eigenvalue weighted by atomic mass is 10.3. The largest absolute Gasteiger partial charge is 0.479 e. The van der Waals surface area contributed by atoms with Crippen LogP contribution < -0.4 is 4.74 Å². The normalized spacial score (nSPS) is 12.7. The van der Waals surface area contributed by atoms with Gasteiger partial charge in [0.25, 0.3) is 0 Å². The number of hydrogen-bond acceptors (Lipinski definition) is 5. The van der Waals surface area contributed by atoms with Crippen LogP contribution in [0, 0.1) is 0 Å². The SMILES string of the molecule is CC[C@H](C)Sc1nnc(-c2cn(C)nc2OC)n1C. The second-order valence-corrected chi connectivity index (χ2v) is 5.83. The summed E-state index contributed by atoms with van der Waals surface area (Å²) in [5.74, 6) is 1.34. The number of rotatable bonds is 5. The number of hydrogen-bond donors (Lipinski definition) is 0. The topological polar surface area (TPSA) is 57.8 Å². The third kappa shape index (κ3) is 2.75. The molecule has 0 amide bonds. The molecular weight excluding hydrogens is 262 g/mol. The minimum absolute atomic E-state index is 0.520. The first-order valence-corrected chi connectivity index (χ1v) is 7.08. The van der Waals surface area contributed by atoms with E-state index in [-0.39, 0.29) is 0 Å². The molecule has 0 unspecified atom stereocenters. The number of thioether (sulfide) groups is 1. The first kappa shape index (κ1) is 13.9. The van der Waals surface area contributed by atoms with Crippen LogP contribution in [0.3, 0.4) is 0 Å². The second-order valence-electron chi connectivity index (χ2n) is 4.43. The van der Waals surface area contributed by atoms with Gasteiger partial charge in [-0.15, -0.1) is 15.3 Å². The first-order chi connectivity index (χ1) is 9.06. The van der Waals surface area contributed by atoms with E-state index >= 15 is 0 Å². The molecule has 1 atom stereocenters. The van der Waals surface area contributed by atoms with Gasteiger partial charge in [0.2, 0.25) is 5.88 Å². The molecule has 2 rings (SSSR count). The molecule has 7 heteroatoms. The summed E-state index contributed by atoms with van der Waals surface area (Å²) in [6.45, 7) is 4.35. The molecule has 0 saturated carbocycles. The van der Waals surface area contributed by atoms with Gasteiger partial charge >= 0.3 is 0 Å². The highest BCUT2D eigenvalue weighted by Gasteiger charge is 2.19. The average molecular weight is 281 g/mol. The van der Waals surface area contributed by atoms with Crippen molar-refractivity contribution in [1.82, 2.24) is 24.5 Å². The molecule has 0 N–H and O–H groups in total. The number of methoxy groups -OCH3 is 1. The number of aromatic nitrogens is 5. The van der Waals surface area contributed by atoms with Gasteiger partial charge in [-0.25, -0.2) is 0 Å². The maximum atomic E-state index is 5.27. The molecule has 0 saturated heterocycles. The Labute approximate surface area is 117 Å². The average Bonchev–Trinajstić information content (AvgIpc) is 2.93. The van der Waals surface area contributed by atoms with Crippen molar-refractivity contribution in [3.05, 3.63) is 6.20 Å². The summed E-state index contributed by atoms with van der Waals surface area (Å²) in [5, 5.41) is 14.2. The van der Waals surface area contributed by atoms with E-state index in [1.807, 2.05) is 24.9 Å². The molecule has 6 nitrogen and oxygen atoms in total. The summed E-state index contributed by atoms with van der Waals surface area (Å²) in [7, 11) is 5.43. The van der Waals surface area contributed by atoms with Gasteiger partial charge in [0.1, 0.15) is 5.56 Å². The zero-order valence-corrected chi connectivity index (χ0v) is 12.7. The van der Waals surface area contributed by atoms with Crippen molar-refractivity contribution in [3.63, 3.8) is 0 Å². The molecule has 0 aliphatic rings. The van der Waals surface area contributed by atoms with Crippen LogP contribution in [0.5, 0.6) is 5.88 Å². The number of ether oxygens (including phenoxy) is 1. The van der Waals surface area contributed by atoms with E-state index in [1.165, 1.54) is 0 Å². The highest BCUT2D eigenvalue weighted by molar-refractivity contribution is 7.99. The Bertz CT molecular complexity index is 562. The fourth-order valence-electron chi connectivity index (χ4n) is 1.69. The van der Waals surface area contributed by atoms with Crippen LogP contribution in [0.2, 0.25) is 0 Å². The fourth-order valence-corrected chi connectivity index (χ4v) is 2.55. The van der Waals surface area contributed by atoms with Gasteiger partial charge < -0.3 is 9.30 Å². The molecule has 0 bridgehead atoms. The van der Waals surface area contributed by atoms with E-state index in [2.05, 4.69) is 29.1 Å². The lowest BCUT2D eigenvalue weighted by molar-refractivity contribution is 0.393. The molecule has 0 aliphatic carbocycles. The van der Waals surface area contributed by atoms with Crippen molar-refractivity contribution >= 4 is 11.8 Å². The van der Waals surface area contributed by atoms with E-state index < -0.39 is 0 Å². The molecule has 2 aromatic heterocycles. The third-order valence-electron chi connectivity index (χ3n) is 2.95. The third-order valence-corrected chi connectivity index (χ3v) is 4.25. The molecule has 0 fully saturated rings. The van der Waals surface area contributed by atoms with Gasteiger partial charge in [0.05, 0.1) is 7.11 Å². The summed E-state index contributed by atoms with van der Waals surface area (Å²) < 4.78 is 8.96. The van der Waals surface area contributed by atoms with Gasteiger partial charge in [0.15, 0.2) is 11.0 Å². The Kier molecular flexibility index (Phi) is 4.14. The monoisotopic (exact) mass is 281 g/mol. The van der Waals surface area contributed by atoms with Crippen molar-refractivity contribution in [2.24, 2.45) is 14.1 Å². The van der Waals surface area contributed by atoms with Gasteiger partial charge in [-0.3, -0.25) is 4.68 Å². The van der Waals surface area contributed by atoms with Crippen molar-refractivity contribution < 1.29 is 4.74 Å². The predicted molar refractivity (Wildman–Crippen MR) is 75.4 cm³/mol. The van der Waals surface area contributed by atoms with E-state index in [4.69, 9.17) is 4.74 Å². The Hall–Kier alpha value is -1.50. The van der Waals surface area contributed by atoms with Crippen molar-refractivity contribution in [1.29, 1.82) is 0 Å².